The molecular formula is C7H15NO3. The maximum atomic E-state index is 7.27. The van der Waals surface area contributed by atoms with Crippen LogP contribution in [0.3, 0.4) is 0 Å². The fourth-order valence-electron chi connectivity index (χ4n) is 0.683. The van der Waals surface area contributed by atoms with Crippen molar-refractivity contribution in [2.75, 3.05) is 27.4 Å². The molecule has 0 saturated heterocycles. The molecule has 1 N–H and O–H groups in total. The monoisotopic (exact) mass is 161 g/mol. The van der Waals surface area contributed by atoms with Gasteiger partial charge in [0.1, 0.15) is 0 Å². The molecule has 0 aliphatic rings. The summed E-state index contributed by atoms with van der Waals surface area (Å²) >= 11 is 0. The lowest BCUT2D eigenvalue weighted by atomic mass is 10.4. The molecule has 1 unspecified atom stereocenters. The predicted molar refractivity (Wildman–Crippen MR) is 42.0 cm³/mol. The van der Waals surface area contributed by atoms with Crippen LogP contribution in [0.15, 0.2) is 0 Å². The van der Waals surface area contributed by atoms with Gasteiger partial charge in [0, 0.05) is 13.7 Å². The highest BCUT2D eigenvalue weighted by Gasteiger charge is 2.14. The van der Waals surface area contributed by atoms with E-state index in [-0.39, 0.29) is 12.0 Å². The molecule has 0 aliphatic carbocycles. The summed E-state index contributed by atoms with van der Waals surface area (Å²) in [6, 6.07) is 0. The van der Waals surface area contributed by atoms with Gasteiger partial charge in [-0.15, -0.1) is 0 Å². The summed E-state index contributed by atoms with van der Waals surface area (Å²) in [6.07, 6.45) is -0.366. The van der Waals surface area contributed by atoms with Crippen LogP contribution in [0.4, 0.5) is 0 Å². The Hall–Kier alpha value is -0.610. The minimum absolute atomic E-state index is 0.105. The smallest absolute Gasteiger partial charge is 0.212 e. The third kappa shape index (κ3) is 3.95. The minimum Gasteiger partial charge on any atom is -0.483 e. The maximum Gasteiger partial charge on any atom is 0.212 e. The Kier molecular flexibility index (Phi) is 5.78. The zero-order valence-corrected chi connectivity index (χ0v) is 7.22. The van der Waals surface area contributed by atoms with Gasteiger partial charge in [0.2, 0.25) is 5.90 Å². The first-order chi connectivity index (χ1) is 5.26. The molecule has 0 saturated carbocycles. The van der Waals surface area contributed by atoms with Gasteiger partial charge in [-0.1, -0.05) is 0 Å². The van der Waals surface area contributed by atoms with Gasteiger partial charge in [0.05, 0.1) is 13.7 Å². The molecule has 0 heterocycles. The molecule has 0 spiro atoms. The zero-order chi connectivity index (χ0) is 8.69. The van der Waals surface area contributed by atoms with Crippen LogP contribution in [0.5, 0.6) is 0 Å². The molecule has 0 fully saturated rings. The Morgan fingerprint density at radius 2 is 2.09 bits per heavy atom. The van der Waals surface area contributed by atoms with Gasteiger partial charge in [-0.25, -0.2) is 0 Å². The van der Waals surface area contributed by atoms with Crippen molar-refractivity contribution in [3.8, 4) is 0 Å². The van der Waals surface area contributed by atoms with Crippen LogP contribution in [-0.4, -0.2) is 39.4 Å². The third-order valence-electron chi connectivity index (χ3n) is 1.20. The standard InChI is InChI=1S/C7H15NO3/c1-4-11-6(5-9-2)7(8)10-3/h6,8H,4-5H2,1-3H3. The van der Waals surface area contributed by atoms with Gasteiger partial charge in [0.15, 0.2) is 6.10 Å². The summed E-state index contributed by atoms with van der Waals surface area (Å²) in [7, 11) is 3.01. The Bertz CT molecular complexity index is 110. The van der Waals surface area contributed by atoms with Gasteiger partial charge in [-0.2, -0.15) is 0 Å². The van der Waals surface area contributed by atoms with Gasteiger partial charge >= 0.3 is 0 Å². The van der Waals surface area contributed by atoms with Crippen molar-refractivity contribution in [3.05, 3.63) is 0 Å². The van der Waals surface area contributed by atoms with Gasteiger partial charge < -0.3 is 14.2 Å². The molecule has 0 rings (SSSR count). The van der Waals surface area contributed by atoms with Crippen LogP contribution in [0, 0.1) is 5.41 Å². The number of nitrogens with one attached hydrogen (secondary N) is 1. The van der Waals surface area contributed by atoms with Crippen molar-refractivity contribution in [3.63, 3.8) is 0 Å². The molecule has 66 valence electrons. The van der Waals surface area contributed by atoms with Crippen molar-refractivity contribution < 1.29 is 14.2 Å². The molecule has 0 aliphatic heterocycles. The number of hydrogen-bond acceptors (Lipinski definition) is 4. The lowest BCUT2D eigenvalue weighted by Crippen LogP contribution is -2.29. The Morgan fingerprint density at radius 3 is 2.45 bits per heavy atom. The molecule has 4 nitrogen and oxygen atoms in total. The Balaban J connectivity index is 3.76. The van der Waals surface area contributed by atoms with E-state index in [1.54, 1.807) is 7.11 Å². The molecule has 0 aromatic heterocycles. The quantitative estimate of drug-likeness (QED) is 0.476. The summed E-state index contributed by atoms with van der Waals surface area (Å²) in [5, 5.41) is 7.27. The topological polar surface area (TPSA) is 51.5 Å². The van der Waals surface area contributed by atoms with Crippen molar-refractivity contribution in [2.24, 2.45) is 0 Å². The molecule has 11 heavy (non-hydrogen) atoms. The minimum atomic E-state index is -0.366. The molecule has 4 heteroatoms. The van der Waals surface area contributed by atoms with Gasteiger partial charge in [-0.05, 0) is 6.92 Å². The fourth-order valence-corrected chi connectivity index (χ4v) is 0.683. The number of hydrogen-bond donors (Lipinski definition) is 1. The van der Waals surface area contributed by atoms with Crippen LogP contribution < -0.4 is 0 Å². The van der Waals surface area contributed by atoms with E-state index >= 15 is 0 Å². The Labute approximate surface area is 67.0 Å². The summed E-state index contributed by atoms with van der Waals surface area (Å²) in [6.45, 7) is 2.78. The predicted octanol–water partition coefficient (Wildman–Crippen LogP) is 0.662. The van der Waals surface area contributed by atoms with E-state index in [2.05, 4.69) is 0 Å². The molecular weight excluding hydrogens is 146 g/mol. The van der Waals surface area contributed by atoms with Crippen molar-refractivity contribution in [1.82, 2.24) is 0 Å². The van der Waals surface area contributed by atoms with E-state index in [9.17, 15) is 0 Å². The maximum absolute atomic E-state index is 7.27. The Morgan fingerprint density at radius 1 is 1.45 bits per heavy atom. The van der Waals surface area contributed by atoms with Crippen LogP contribution in [0.25, 0.3) is 0 Å². The van der Waals surface area contributed by atoms with Crippen LogP contribution >= 0.6 is 0 Å². The number of rotatable bonds is 5. The summed E-state index contributed by atoms with van der Waals surface area (Å²) in [4.78, 5) is 0. The van der Waals surface area contributed by atoms with E-state index < -0.39 is 0 Å². The second kappa shape index (κ2) is 6.12. The molecule has 0 radical (unpaired) electrons. The summed E-state index contributed by atoms with van der Waals surface area (Å²) in [5.41, 5.74) is 0. The average Bonchev–Trinajstić information content (AvgIpc) is 2.03. The largest absolute Gasteiger partial charge is 0.483 e. The molecule has 0 amide bonds. The van der Waals surface area contributed by atoms with Crippen LogP contribution in [-0.2, 0) is 14.2 Å². The highest BCUT2D eigenvalue weighted by Crippen LogP contribution is 1.95. The summed E-state index contributed by atoms with van der Waals surface area (Å²) in [5.74, 6) is 0.105. The average molecular weight is 161 g/mol. The first kappa shape index (κ1) is 10.4. The van der Waals surface area contributed by atoms with Crippen molar-refractivity contribution in [2.45, 2.75) is 13.0 Å². The lowest BCUT2D eigenvalue weighted by molar-refractivity contribution is 0.0308. The van der Waals surface area contributed by atoms with E-state index in [0.29, 0.717) is 13.2 Å². The first-order valence-electron chi connectivity index (χ1n) is 3.49. The normalized spacial score (nSPS) is 12.6. The number of ether oxygens (including phenoxy) is 3. The summed E-state index contributed by atoms with van der Waals surface area (Å²) < 4.78 is 14.7. The highest BCUT2D eigenvalue weighted by atomic mass is 16.6. The molecule has 1 atom stereocenters. The van der Waals surface area contributed by atoms with Gasteiger partial charge in [0.25, 0.3) is 0 Å². The first-order valence-corrected chi connectivity index (χ1v) is 3.49. The fraction of sp³-hybridized carbons (Fsp3) is 0.857. The second-order valence-corrected chi connectivity index (χ2v) is 1.97. The molecule has 0 aromatic rings. The van der Waals surface area contributed by atoms with Gasteiger partial charge in [-0.3, -0.25) is 5.41 Å². The molecule has 0 bridgehead atoms. The van der Waals surface area contributed by atoms with E-state index in [4.69, 9.17) is 19.6 Å². The van der Waals surface area contributed by atoms with Crippen LogP contribution in [0.1, 0.15) is 6.92 Å². The second-order valence-electron chi connectivity index (χ2n) is 1.97. The van der Waals surface area contributed by atoms with E-state index in [0.717, 1.165) is 0 Å². The van der Waals surface area contributed by atoms with E-state index in [1.165, 1.54) is 7.11 Å². The van der Waals surface area contributed by atoms with Crippen molar-refractivity contribution >= 4 is 5.90 Å². The number of methoxy groups -OCH3 is 2. The highest BCUT2D eigenvalue weighted by molar-refractivity contribution is 5.77. The molecule has 0 aromatic carbocycles. The SMILES string of the molecule is CCOC(COC)C(=N)OC. The lowest BCUT2D eigenvalue weighted by Gasteiger charge is -2.15. The zero-order valence-electron chi connectivity index (χ0n) is 7.22. The third-order valence-corrected chi connectivity index (χ3v) is 1.20. The van der Waals surface area contributed by atoms with Crippen LogP contribution in [0.2, 0.25) is 0 Å². The van der Waals surface area contributed by atoms with Crippen molar-refractivity contribution in [1.29, 1.82) is 5.41 Å². The van der Waals surface area contributed by atoms with E-state index in [1.807, 2.05) is 6.92 Å².